The van der Waals surface area contributed by atoms with E-state index in [1.807, 2.05) is 25.2 Å². The minimum atomic E-state index is -4.02. The number of rotatable bonds is 10. The van der Waals surface area contributed by atoms with Gasteiger partial charge in [-0.15, -0.1) is 0 Å². The maximum atomic E-state index is 11.4. The molecule has 4 aliphatic rings. The Kier molecular flexibility index (Phi) is 11.8. The fourth-order valence-corrected chi connectivity index (χ4v) is 8.57. The Balaban J connectivity index is 0.000000717. The number of carboxylic acid groups (broad SMARTS) is 1. The van der Waals surface area contributed by atoms with Crippen molar-refractivity contribution in [1.29, 1.82) is 0 Å². The van der Waals surface area contributed by atoms with E-state index in [-0.39, 0.29) is 24.4 Å². The summed E-state index contributed by atoms with van der Waals surface area (Å²) in [6.07, 6.45) is 13.0. The van der Waals surface area contributed by atoms with Crippen molar-refractivity contribution in [3.63, 3.8) is 0 Å². The molecule has 3 heterocycles. The quantitative estimate of drug-likeness (QED) is 0.189. The normalized spacial score (nSPS) is 23.0. The van der Waals surface area contributed by atoms with Crippen LogP contribution >= 0.6 is 0 Å². The number of unbranched alkanes of at least 4 members (excludes halogenated alkanes) is 4. The van der Waals surface area contributed by atoms with Crippen molar-refractivity contribution >= 4 is 27.5 Å². The zero-order valence-electron chi connectivity index (χ0n) is 29.7. The van der Waals surface area contributed by atoms with Crippen LogP contribution in [0.3, 0.4) is 0 Å². The summed E-state index contributed by atoms with van der Waals surface area (Å²) in [5, 5.41) is 9.34. The molecule has 2 N–H and O–H groups in total. The molecular weight excluding hydrogens is 637 g/mol. The fourth-order valence-electron chi connectivity index (χ4n) is 8.00. The Hall–Kier alpha value is -3.40. The van der Waals surface area contributed by atoms with Gasteiger partial charge in [-0.25, -0.2) is 0 Å². The van der Waals surface area contributed by atoms with Crippen molar-refractivity contribution in [2.24, 2.45) is 0 Å². The van der Waals surface area contributed by atoms with Crippen molar-refractivity contribution in [3.05, 3.63) is 94.4 Å². The molecule has 266 valence electrons. The summed E-state index contributed by atoms with van der Waals surface area (Å²) < 4.78 is 39.1. The zero-order valence-corrected chi connectivity index (χ0v) is 30.5. The maximum absolute atomic E-state index is 11.4. The van der Waals surface area contributed by atoms with E-state index in [1.165, 1.54) is 36.8 Å². The van der Waals surface area contributed by atoms with Crippen LogP contribution < -0.4 is 9.80 Å². The number of ether oxygens (including phenoxy) is 1. The van der Waals surface area contributed by atoms with Gasteiger partial charge in [0.2, 0.25) is 0 Å². The molecule has 6 rings (SSSR count). The van der Waals surface area contributed by atoms with Crippen molar-refractivity contribution < 1.29 is 27.6 Å². The molecular formula is C40H54N2O6S. The highest BCUT2D eigenvalue weighted by Crippen LogP contribution is 2.50. The van der Waals surface area contributed by atoms with Crippen LogP contribution in [0.25, 0.3) is 0 Å². The summed E-state index contributed by atoms with van der Waals surface area (Å²) in [7, 11) is -1.98. The van der Waals surface area contributed by atoms with Gasteiger partial charge >= 0.3 is 5.97 Å². The van der Waals surface area contributed by atoms with Gasteiger partial charge in [0.1, 0.15) is 5.82 Å². The third-order valence-electron chi connectivity index (χ3n) is 10.7. The number of carbonyl (C=O) groups is 1. The van der Waals surface area contributed by atoms with Crippen LogP contribution in [-0.2, 0) is 37.9 Å². The second-order valence-corrected chi connectivity index (χ2v) is 15.8. The van der Waals surface area contributed by atoms with Gasteiger partial charge in [0.25, 0.3) is 10.1 Å². The number of hydrogen-bond donors (Lipinski definition) is 2. The van der Waals surface area contributed by atoms with Crippen LogP contribution in [0.4, 0.5) is 11.4 Å². The highest BCUT2D eigenvalue weighted by Gasteiger charge is 2.43. The zero-order chi connectivity index (χ0) is 35.3. The van der Waals surface area contributed by atoms with Crippen LogP contribution in [0, 0.1) is 0 Å². The molecule has 2 aromatic rings. The lowest BCUT2D eigenvalue weighted by molar-refractivity contribution is -0.136. The molecule has 0 saturated heterocycles. The molecule has 9 heteroatoms. The van der Waals surface area contributed by atoms with Crippen molar-refractivity contribution in [1.82, 2.24) is 0 Å². The van der Waals surface area contributed by atoms with E-state index in [0.717, 1.165) is 71.7 Å². The Bertz CT molecular complexity index is 1710. The van der Waals surface area contributed by atoms with Gasteiger partial charge in [0, 0.05) is 24.6 Å². The Morgan fingerprint density at radius 1 is 1.02 bits per heavy atom. The largest absolute Gasteiger partial charge is 0.481 e. The summed E-state index contributed by atoms with van der Waals surface area (Å²) >= 11 is 0. The average Bonchev–Trinajstić information content (AvgIpc) is 3.37. The highest BCUT2D eigenvalue weighted by molar-refractivity contribution is 7.85. The van der Waals surface area contributed by atoms with Crippen molar-refractivity contribution in [2.45, 2.75) is 115 Å². The first kappa shape index (κ1) is 36.9. The Labute approximate surface area is 293 Å². The van der Waals surface area contributed by atoms with Crippen LogP contribution in [-0.4, -0.2) is 55.6 Å². The molecule has 0 radical (unpaired) electrons. The van der Waals surface area contributed by atoms with E-state index >= 15 is 0 Å². The van der Waals surface area contributed by atoms with Gasteiger partial charge in [-0.05, 0) is 84.6 Å². The molecule has 2 aromatic carbocycles. The molecule has 3 aliphatic heterocycles. The minimum Gasteiger partial charge on any atom is -0.481 e. The summed E-state index contributed by atoms with van der Waals surface area (Å²) in [4.78, 5) is 15.9. The molecule has 0 amide bonds. The number of fused-ring (bicyclic) bond motifs is 6. The fraction of sp³-hybridized carbons (Fsp3) is 0.525. The number of nitrogens with zero attached hydrogens (tertiary/aromatic N) is 2. The van der Waals surface area contributed by atoms with E-state index in [4.69, 9.17) is 11.3 Å². The van der Waals surface area contributed by atoms with Gasteiger partial charge < -0.3 is 19.6 Å². The van der Waals surface area contributed by atoms with Crippen LogP contribution in [0.15, 0.2) is 77.7 Å². The smallest absolute Gasteiger partial charge is 0.307 e. The molecule has 49 heavy (non-hydrogen) atoms. The monoisotopic (exact) mass is 690 g/mol. The molecule has 0 bridgehead atoms. The molecule has 0 spiro atoms. The topological polar surface area (TPSA) is 107 Å². The van der Waals surface area contributed by atoms with E-state index < -0.39 is 21.5 Å². The van der Waals surface area contributed by atoms with Gasteiger partial charge in [-0.1, -0.05) is 89.8 Å². The van der Waals surface area contributed by atoms with Gasteiger partial charge in [-0.2, -0.15) is 8.42 Å². The second-order valence-electron chi connectivity index (χ2n) is 14.2. The molecule has 3 atom stereocenters. The first-order chi connectivity index (χ1) is 23.4. The lowest BCUT2D eigenvalue weighted by Gasteiger charge is -2.43. The van der Waals surface area contributed by atoms with Gasteiger partial charge in [-0.3, -0.25) is 9.35 Å². The first-order valence-electron chi connectivity index (χ1n) is 18.1. The summed E-state index contributed by atoms with van der Waals surface area (Å²) in [6, 6.07) is 14.4. The van der Waals surface area contributed by atoms with E-state index in [9.17, 15) is 22.9 Å². The average molecular weight is 691 g/mol. The van der Waals surface area contributed by atoms with Gasteiger partial charge in [0.15, 0.2) is 0 Å². The third-order valence-corrected chi connectivity index (χ3v) is 11.5. The first-order valence-corrected chi connectivity index (χ1v) is 19.7. The molecule has 1 aliphatic carbocycles. The summed E-state index contributed by atoms with van der Waals surface area (Å²) in [5.74, 6) is -0.0358. The van der Waals surface area contributed by atoms with Crippen LogP contribution in [0.1, 0.15) is 102 Å². The number of aliphatic carboxylic acids is 1. The van der Waals surface area contributed by atoms with E-state index in [2.05, 4.69) is 60.9 Å². The highest BCUT2D eigenvalue weighted by atomic mass is 32.2. The number of hydrogen-bond acceptors (Lipinski definition) is 6. The molecule has 0 aromatic heterocycles. The molecule has 3 unspecified atom stereocenters. The minimum absolute atomic E-state index is 0.0192. The molecule has 0 saturated carbocycles. The standard InChI is InChI=1S/C34H40N2O6S.C6H14/c1-22-25-21-26-31(15-17-36-28-14-13-23(20-32(37)38)19-29(28)35(3)33(26)36)42-30(25)12-8-10-24-9-4-5-11-27(24)34(22,2)16-6-7-18-43(39,40)41;1-3-5-6-4-2/h4-5,9,11,13-14,19,21,30-31H,1,6-8,10,12,15-18,20H2,2-3H3,(H,37,38)(H,39,40,41);3-6H2,1-2H3. The lowest BCUT2D eigenvalue weighted by atomic mass is 9.68. The van der Waals surface area contributed by atoms with E-state index in [1.54, 1.807) is 0 Å². The van der Waals surface area contributed by atoms with E-state index in [0.29, 0.717) is 19.3 Å². The summed E-state index contributed by atoms with van der Waals surface area (Å²) in [5.41, 5.74) is 8.08. The Morgan fingerprint density at radius 2 is 1.76 bits per heavy atom. The summed E-state index contributed by atoms with van der Waals surface area (Å²) in [6.45, 7) is 12.2. The number of carboxylic acids is 1. The SMILES string of the molecule is C=C1C2=CC3=C4N(C)c5cc(CC(=O)O)ccc5N4CCC3OC2CCCc2ccccc2C1(C)CCCCS(=O)(=O)O.CCCCCC. The van der Waals surface area contributed by atoms with Crippen LogP contribution in [0.5, 0.6) is 0 Å². The number of aryl methyl sites for hydroxylation is 1. The predicted octanol–water partition coefficient (Wildman–Crippen LogP) is 8.37. The lowest BCUT2D eigenvalue weighted by Crippen LogP contribution is -2.43. The van der Waals surface area contributed by atoms with Crippen molar-refractivity contribution in [2.75, 3.05) is 29.1 Å². The molecule has 8 nitrogen and oxygen atoms in total. The maximum Gasteiger partial charge on any atom is 0.307 e. The number of anilines is 2. The second kappa shape index (κ2) is 15.7. The third kappa shape index (κ3) is 8.16. The Morgan fingerprint density at radius 3 is 2.45 bits per heavy atom. The predicted molar refractivity (Wildman–Crippen MR) is 198 cm³/mol. The van der Waals surface area contributed by atoms with Crippen LogP contribution in [0.2, 0.25) is 0 Å². The van der Waals surface area contributed by atoms with Gasteiger partial charge in [0.05, 0.1) is 35.8 Å². The van der Waals surface area contributed by atoms with Crippen molar-refractivity contribution in [3.8, 4) is 0 Å². The number of benzene rings is 2. The molecule has 0 fully saturated rings.